The standard InChI is InChI=1S/C22H21NO6/c1-13(2)21(24)28-18-9-8-14(11-19(18)27-4)10-17-22(25)29-20(23-17)15-6-5-7-16(12-15)26-3/h5-13H,1-4H3/b17-10+. The molecule has 0 spiro atoms. The summed E-state index contributed by atoms with van der Waals surface area (Å²) in [5, 5.41) is 0. The molecule has 0 atom stereocenters. The van der Waals surface area contributed by atoms with Crippen LogP contribution in [0.4, 0.5) is 0 Å². The molecule has 1 aliphatic heterocycles. The first-order chi connectivity index (χ1) is 13.9. The molecular weight excluding hydrogens is 374 g/mol. The number of ether oxygens (including phenoxy) is 4. The Morgan fingerprint density at radius 2 is 1.86 bits per heavy atom. The largest absolute Gasteiger partial charge is 0.497 e. The zero-order valence-electron chi connectivity index (χ0n) is 16.6. The highest BCUT2D eigenvalue weighted by molar-refractivity contribution is 6.13. The van der Waals surface area contributed by atoms with Gasteiger partial charge in [0.15, 0.2) is 17.2 Å². The maximum absolute atomic E-state index is 12.2. The number of aliphatic imine (C=N–C) groups is 1. The van der Waals surface area contributed by atoms with E-state index in [1.807, 2.05) is 0 Å². The average molecular weight is 395 g/mol. The normalized spacial score (nSPS) is 14.6. The Labute approximate surface area is 168 Å². The second-order valence-electron chi connectivity index (χ2n) is 6.55. The monoisotopic (exact) mass is 395 g/mol. The summed E-state index contributed by atoms with van der Waals surface area (Å²) in [6, 6.07) is 12.0. The van der Waals surface area contributed by atoms with Crippen molar-refractivity contribution in [3.05, 3.63) is 59.3 Å². The molecule has 0 fully saturated rings. The van der Waals surface area contributed by atoms with Gasteiger partial charge in [-0.25, -0.2) is 9.79 Å². The zero-order valence-corrected chi connectivity index (χ0v) is 16.6. The van der Waals surface area contributed by atoms with Crippen molar-refractivity contribution in [2.24, 2.45) is 10.9 Å². The first-order valence-corrected chi connectivity index (χ1v) is 8.98. The molecule has 0 amide bonds. The fraction of sp³-hybridized carbons (Fsp3) is 0.227. The molecule has 29 heavy (non-hydrogen) atoms. The summed E-state index contributed by atoms with van der Waals surface area (Å²) in [6.45, 7) is 3.49. The van der Waals surface area contributed by atoms with Gasteiger partial charge in [-0.1, -0.05) is 26.0 Å². The van der Waals surface area contributed by atoms with Crippen LogP contribution in [0.5, 0.6) is 17.2 Å². The van der Waals surface area contributed by atoms with Crippen LogP contribution in [-0.4, -0.2) is 32.1 Å². The predicted octanol–water partition coefficient (Wildman–Crippen LogP) is 3.61. The molecule has 0 radical (unpaired) electrons. The SMILES string of the molecule is COc1cccc(C2=N/C(=C/c3ccc(OC(=O)C(C)C)c(OC)c3)C(=O)O2)c1. The highest BCUT2D eigenvalue weighted by Gasteiger charge is 2.24. The van der Waals surface area contributed by atoms with Crippen molar-refractivity contribution < 1.29 is 28.5 Å². The topological polar surface area (TPSA) is 83.4 Å². The number of nitrogens with zero attached hydrogens (tertiary/aromatic N) is 1. The molecule has 1 heterocycles. The van der Waals surface area contributed by atoms with Crippen LogP contribution in [0.3, 0.4) is 0 Å². The molecule has 0 unspecified atom stereocenters. The number of rotatable bonds is 6. The number of carbonyl (C=O) groups excluding carboxylic acids is 2. The fourth-order valence-corrected chi connectivity index (χ4v) is 2.53. The van der Waals surface area contributed by atoms with Crippen molar-refractivity contribution in [3.8, 4) is 17.2 Å². The van der Waals surface area contributed by atoms with Gasteiger partial charge >= 0.3 is 11.9 Å². The number of hydrogen-bond donors (Lipinski definition) is 0. The van der Waals surface area contributed by atoms with E-state index in [1.54, 1.807) is 69.5 Å². The minimum atomic E-state index is -0.558. The smallest absolute Gasteiger partial charge is 0.363 e. The van der Waals surface area contributed by atoms with E-state index in [4.69, 9.17) is 18.9 Å². The minimum absolute atomic E-state index is 0.150. The third kappa shape index (κ3) is 4.63. The summed E-state index contributed by atoms with van der Waals surface area (Å²) in [5.41, 5.74) is 1.43. The van der Waals surface area contributed by atoms with Crippen molar-refractivity contribution in [2.75, 3.05) is 14.2 Å². The average Bonchev–Trinajstić information content (AvgIpc) is 3.09. The first kappa shape index (κ1) is 20.1. The van der Waals surface area contributed by atoms with Gasteiger partial charge in [-0.15, -0.1) is 0 Å². The van der Waals surface area contributed by atoms with Crippen LogP contribution in [0, 0.1) is 5.92 Å². The van der Waals surface area contributed by atoms with Gasteiger partial charge in [0.2, 0.25) is 5.90 Å². The van der Waals surface area contributed by atoms with Gasteiger partial charge in [0.05, 0.1) is 20.1 Å². The molecule has 7 nitrogen and oxygen atoms in total. The molecule has 3 rings (SSSR count). The molecule has 2 aromatic carbocycles. The number of benzene rings is 2. The van der Waals surface area contributed by atoms with Crippen LogP contribution in [0.15, 0.2) is 53.2 Å². The van der Waals surface area contributed by atoms with Gasteiger partial charge in [-0.2, -0.15) is 0 Å². The van der Waals surface area contributed by atoms with Crippen LogP contribution >= 0.6 is 0 Å². The molecule has 7 heteroatoms. The molecule has 0 N–H and O–H groups in total. The van der Waals surface area contributed by atoms with Crippen molar-refractivity contribution in [1.29, 1.82) is 0 Å². The number of methoxy groups -OCH3 is 2. The fourth-order valence-electron chi connectivity index (χ4n) is 2.53. The quantitative estimate of drug-likeness (QED) is 0.422. The Kier molecular flexibility index (Phi) is 5.97. The van der Waals surface area contributed by atoms with E-state index in [9.17, 15) is 9.59 Å². The van der Waals surface area contributed by atoms with Crippen LogP contribution in [0.1, 0.15) is 25.0 Å². The Morgan fingerprint density at radius 1 is 1.07 bits per heavy atom. The number of cyclic esters (lactones) is 1. The Morgan fingerprint density at radius 3 is 2.55 bits per heavy atom. The van der Waals surface area contributed by atoms with Gasteiger partial charge in [0, 0.05) is 5.56 Å². The Hall–Kier alpha value is -3.61. The summed E-state index contributed by atoms with van der Waals surface area (Å²) in [7, 11) is 3.03. The maximum atomic E-state index is 12.2. The molecule has 0 aliphatic carbocycles. The summed E-state index contributed by atoms with van der Waals surface area (Å²) < 4.78 is 21.1. The summed E-state index contributed by atoms with van der Waals surface area (Å²) in [6.07, 6.45) is 1.58. The van der Waals surface area contributed by atoms with Crippen LogP contribution in [0.2, 0.25) is 0 Å². The second kappa shape index (κ2) is 8.60. The van der Waals surface area contributed by atoms with Gasteiger partial charge < -0.3 is 18.9 Å². The molecule has 0 bridgehead atoms. The van der Waals surface area contributed by atoms with Crippen LogP contribution < -0.4 is 14.2 Å². The number of esters is 2. The minimum Gasteiger partial charge on any atom is -0.497 e. The van der Waals surface area contributed by atoms with Crippen LogP contribution in [0.25, 0.3) is 6.08 Å². The van der Waals surface area contributed by atoms with Crippen molar-refractivity contribution in [1.82, 2.24) is 0 Å². The second-order valence-corrected chi connectivity index (χ2v) is 6.55. The lowest BCUT2D eigenvalue weighted by molar-refractivity contribution is -0.137. The highest BCUT2D eigenvalue weighted by Crippen LogP contribution is 2.30. The first-order valence-electron chi connectivity index (χ1n) is 8.98. The summed E-state index contributed by atoms with van der Waals surface area (Å²) in [4.78, 5) is 28.3. The third-order valence-corrected chi connectivity index (χ3v) is 4.11. The lowest BCUT2D eigenvalue weighted by Crippen LogP contribution is -2.15. The van der Waals surface area contributed by atoms with Crippen LogP contribution in [-0.2, 0) is 14.3 Å². The van der Waals surface area contributed by atoms with Crippen molar-refractivity contribution in [2.45, 2.75) is 13.8 Å². The molecule has 0 aromatic heterocycles. The molecule has 0 saturated carbocycles. The predicted molar refractivity (Wildman–Crippen MR) is 107 cm³/mol. The zero-order chi connectivity index (χ0) is 21.0. The van der Waals surface area contributed by atoms with E-state index in [2.05, 4.69) is 4.99 Å². The Bertz CT molecular complexity index is 1010. The van der Waals surface area contributed by atoms with Gasteiger partial charge in [-0.3, -0.25) is 4.79 Å². The van der Waals surface area contributed by atoms with E-state index in [0.29, 0.717) is 28.4 Å². The van der Waals surface area contributed by atoms with E-state index < -0.39 is 5.97 Å². The molecule has 150 valence electrons. The maximum Gasteiger partial charge on any atom is 0.363 e. The van der Waals surface area contributed by atoms with Gasteiger partial charge in [0.25, 0.3) is 0 Å². The Balaban J connectivity index is 1.88. The van der Waals surface area contributed by atoms with E-state index in [1.165, 1.54) is 7.11 Å². The molecular formula is C22H21NO6. The molecule has 1 aliphatic rings. The summed E-state index contributed by atoms with van der Waals surface area (Å²) in [5.74, 6) is 0.335. The highest BCUT2D eigenvalue weighted by atomic mass is 16.6. The lowest BCUT2D eigenvalue weighted by Gasteiger charge is -2.11. The van der Waals surface area contributed by atoms with Crippen molar-refractivity contribution in [3.63, 3.8) is 0 Å². The number of carbonyl (C=O) groups is 2. The number of hydrogen-bond acceptors (Lipinski definition) is 7. The van der Waals surface area contributed by atoms with E-state index >= 15 is 0 Å². The summed E-state index contributed by atoms with van der Waals surface area (Å²) >= 11 is 0. The van der Waals surface area contributed by atoms with Crippen molar-refractivity contribution >= 4 is 23.9 Å². The third-order valence-electron chi connectivity index (χ3n) is 4.11. The molecule has 0 saturated heterocycles. The molecule has 2 aromatic rings. The lowest BCUT2D eigenvalue weighted by atomic mass is 10.1. The van der Waals surface area contributed by atoms with E-state index in [0.717, 1.165) is 0 Å². The van der Waals surface area contributed by atoms with E-state index in [-0.39, 0.29) is 23.5 Å². The van der Waals surface area contributed by atoms with Gasteiger partial charge in [0.1, 0.15) is 5.75 Å². The van der Waals surface area contributed by atoms with Gasteiger partial charge in [-0.05, 0) is 42.0 Å².